The van der Waals surface area contributed by atoms with Crippen molar-refractivity contribution in [3.63, 3.8) is 0 Å². The van der Waals surface area contributed by atoms with Crippen molar-refractivity contribution in [1.82, 2.24) is 10.2 Å². The standard InChI is InChI=1S/C17H30N2O2/c20-16-17(21,10-5-11-19(16)12-14-8-9-14)13-18-15-6-3-1-2-4-7-15/h14-15,18,21H,1-13H2/t17-/m1/s1. The van der Waals surface area contributed by atoms with E-state index >= 15 is 0 Å². The van der Waals surface area contributed by atoms with Gasteiger partial charge >= 0.3 is 0 Å². The van der Waals surface area contributed by atoms with Crippen LogP contribution in [0.1, 0.15) is 64.2 Å². The highest BCUT2D eigenvalue weighted by Gasteiger charge is 2.43. The molecule has 0 unspecified atom stereocenters. The number of carbonyl (C=O) groups excluding carboxylic acids is 1. The molecular weight excluding hydrogens is 264 g/mol. The Hall–Kier alpha value is -0.610. The molecule has 3 aliphatic rings. The average Bonchev–Trinajstić information content (AvgIpc) is 3.29. The lowest BCUT2D eigenvalue weighted by Crippen LogP contribution is -2.59. The van der Waals surface area contributed by atoms with Gasteiger partial charge in [-0.05, 0) is 44.4 Å². The molecule has 0 spiro atoms. The Kier molecular flexibility index (Phi) is 4.85. The highest BCUT2D eigenvalue weighted by Crippen LogP contribution is 2.32. The Bertz CT molecular complexity index is 362. The molecule has 1 atom stereocenters. The van der Waals surface area contributed by atoms with Gasteiger partial charge in [0.15, 0.2) is 5.60 Å². The van der Waals surface area contributed by atoms with Crippen LogP contribution < -0.4 is 5.32 Å². The minimum absolute atomic E-state index is 0.0261. The van der Waals surface area contributed by atoms with Crippen LogP contribution in [0.25, 0.3) is 0 Å². The molecule has 0 aromatic heterocycles. The van der Waals surface area contributed by atoms with Gasteiger partial charge in [0.25, 0.3) is 5.91 Å². The van der Waals surface area contributed by atoms with Gasteiger partial charge in [0.1, 0.15) is 0 Å². The smallest absolute Gasteiger partial charge is 0.255 e. The molecule has 0 radical (unpaired) electrons. The molecule has 3 fully saturated rings. The number of piperidine rings is 1. The van der Waals surface area contributed by atoms with Crippen molar-refractivity contribution >= 4 is 5.91 Å². The van der Waals surface area contributed by atoms with Gasteiger partial charge in [-0.15, -0.1) is 0 Å². The molecule has 1 saturated heterocycles. The van der Waals surface area contributed by atoms with Crippen molar-refractivity contribution in [1.29, 1.82) is 0 Å². The van der Waals surface area contributed by atoms with Crippen LogP contribution in [0.15, 0.2) is 0 Å². The molecule has 21 heavy (non-hydrogen) atoms. The number of carbonyl (C=O) groups is 1. The Labute approximate surface area is 128 Å². The summed E-state index contributed by atoms with van der Waals surface area (Å²) in [6.07, 6.45) is 11.6. The van der Waals surface area contributed by atoms with Gasteiger partial charge in [0.2, 0.25) is 0 Å². The van der Waals surface area contributed by atoms with E-state index in [9.17, 15) is 9.90 Å². The normalized spacial score (nSPS) is 32.2. The van der Waals surface area contributed by atoms with Gasteiger partial charge in [-0.2, -0.15) is 0 Å². The number of hydrogen-bond donors (Lipinski definition) is 2. The van der Waals surface area contributed by atoms with Gasteiger partial charge < -0.3 is 15.3 Å². The van der Waals surface area contributed by atoms with Crippen molar-refractivity contribution < 1.29 is 9.90 Å². The first kappa shape index (κ1) is 15.3. The van der Waals surface area contributed by atoms with Gasteiger partial charge in [-0.1, -0.05) is 25.7 Å². The molecule has 2 N–H and O–H groups in total. The topological polar surface area (TPSA) is 52.6 Å². The molecule has 1 aliphatic heterocycles. The summed E-state index contributed by atoms with van der Waals surface area (Å²) >= 11 is 0. The first-order valence-electron chi connectivity index (χ1n) is 8.92. The van der Waals surface area contributed by atoms with Crippen molar-refractivity contribution in [2.75, 3.05) is 19.6 Å². The number of likely N-dealkylation sites (tertiary alicyclic amines) is 1. The number of rotatable bonds is 5. The fourth-order valence-electron chi connectivity index (χ4n) is 3.81. The molecular formula is C17H30N2O2. The van der Waals surface area contributed by atoms with Gasteiger partial charge in [0.05, 0.1) is 0 Å². The van der Waals surface area contributed by atoms with E-state index in [0.717, 1.165) is 19.5 Å². The predicted octanol–water partition coefficient (Wildman–Crippen LogP) is 2.06. The van der Waals surface area contributed by atoms with E-state index in [4.69, 9.17) is 0 Å². The van der Waals surface area contributed by atoms with Crippen molar-refractivity contribution in [3.05, 3.63) is 0 Å². The lowest BCUT2D eigenvalue weighted by molar-refractivity contribution is -0.157. The highest BCUT2D eigenvalue weighted by molar-refractivity contribution is 5.86. The summed E-state index contributed by atoms with van der Waals surface area (Å²) in [5.41, 5.74) is -1.15. The zero-order valence-electron chi connectivity index (χ0n) is 13.1. The van der Waals surface area contributed by atoms with Crippen LogP contribution >= 0.6 is 0 Å². The molecule has 1 amide bonds. The zero-order chi connectivity index (χ0) is 14.7. The Morgan fingerprint density at radius 2 is 1.81 bits per heavy atom. The molecule has 1 heterocycles. The summed E-state index contributed by atoms with van der Waals surface area (Å²) in [5, 5.41) is 14.3. The van der Waals surface area contributed by atoms with E-state index in [0.29, 0.717) is 24.9 Å². The van der Waals surface area contributed by atoms with Crippen LogP contribution in [0.3, 0.4) is 0 Å². The van der Waals surface area contributed by atoms with Gasteiger partial charge in [-0.3, -0.25) is 4.79 Å². The Balaban J connectivity index is 1.52. The fourth-order valence-corrected chi connectivity index (χ4v) is 3.81. The number of hydrogen-bond acceptors (Lipinski definition) is 3. The van der Waals surface area contributed by atoms with E-state index < -0.39 is 5.60 Å². The third-order valence-electron chi connectivity index (χ3n) is 5.42. The number of aliphatic hydroxyl groups is 1. The van der Waals surface area contributed by atoms with Crippen LogP contribution in [-0.2, 0) is 4.79 Å². The lowest BCUT2D eigenvalue weighted by atomic mass is 9.91. The van der Waals surface area contributed by atoms with Crippen molar-refractivity contribution in [2.45, 2.75) is 75.9 Å². The number of nitrogens with zero attached hydrogens (tertiary/aromatic N) is 1. The molecule has 0 aromatic rings. The summed E-state index contributed by atoms with van der Waals surface area (Å²) in [4.78, 5) is 14.5. The maximum Gasteiger partial charge on any atom is 0.255 e. The Morgan fingerprint density at radius 3 is 2.48 bits per heavy atom. The minimum atomic E-state index is -1.15. The van der Waals surface area contributed by atoms with Crippen LogP contribution in [0, 0.1) is 5.92 Å². The summed E-state index contributed by atoms with van der Waals surface area (Å²) in [5.74, 6) is 0.674. The van der Waals surface area contributed by atoms with Gasteiger partial charge in [0, 0.05) is 25.7 Å². The number of nitrogens with one attached hydrogen (secondary N) is 1. The third kappa shape index (κ3) is 3.98. The average molecular weight is 294 g/mol. The predicted molar refractivity (Wildman–Crippen MR) is 83.0 cm³/mol. The molecule has 3 rings (SSSR count). The minimum Gasteiger partial charge on any atom is -0.379 e. The largest absolute Gasteiger partial charge is 0.379 e. The lowest BCUT2D eigenvalue weighted by Gasteiger charge is -2.39. The van der Waals surface area contributed by atoms with Crippen molar-refractivity contribution in [2.24, 2.45) is 5.92 Å². The van der Waals surface area contributed by atoms with E-state index in [-0.39, 0.29) is 5.91 Å². The molecule has 2 aliphatic carbocycles. The molecule has 0 bridgehead atoms. The van der Waals surface area contributed by atoms with E-state index in [1.807, 2.05) is 4.90 Å². The second-order valence-corrected chi connectivity index (χ2v) is 7.40. The molecule has 0 aromatic carbocycles. The van der Waals surface area contributed by atoms with E-state index in [1.54, 1.807) is 0 Å². The SMILES string of the molecule is O=C1N(CC2CC2)CCC[C@@]1(O)CNC1CCCCCC1. The maximum absolute atomic E-state index is 12.6. The van der Waals surface area contributed by atoms with Gasteiger partial charge in [-0.25, -0.2) is 0 Å². The van der Waals surface area contributed by atoms with E-state index in [2.05, 4.69) is 5.32 Å². The molecule has 2 saturated carbocycles. The first-order valence-corrected chi connectivity index (χ1v) is 8.92. The van der Waals surface area contributed by atoms with Crippen LogP contribution in [-0.4, -0.2) is 47.2 Å². The number of amides is 1. The Morgan fingerprint density at radius 1 is 1.10 bits per heavy atom. The van der Waals surface area contributed by atoms with Crippen LogP contribution in [0.2, 0.25) is 0 Å². The molecule has 4 heteroatoms. The zero-order valence-corrected chi connectivity index (χ0v) is 13.1. The fraction of sp³-hybridized carbons (Fsp3) is 0.941. The third-order valence-corrected chi connectivity index (χ3v) is 5.42. The van der Waals surface area contributed by atoms with Crippen LogP contribution in [0.4, 0.5) is 0 Å². The first-order chi connectivity index (χ1) is 10.2. The summed E-state index contributed by atoms with van der Waals surface area (Å²) in [7, 11) is 0. The second kappa shape index (κ2) is 6.66. The molecule has 4 nitrogen and oxygen atoms in total. The molecule has 120 valence electrons. The van der Waals surface area contributed by atoms with E-state index in [1.165, 1.54) is 51.4 Å². The second-order valence-electron chi connectivity index (χ2n) is 7.40. The highest BCUT2D eigenvalue weighted by atomic mass is 16.3. The summed E-state index contributed by atoms with van der Waals surface area (Å²) < 4.78 is 0. The maximum atomic E-state index is 12.6. The van der Waals surface area contributed by atoms with Crippen LogP contribution in [0.5, 0.6) is 0 Å². The summed E-state index contributed by atoms with van der Waals surface area (Å²) in [6, 6.07) is 0.489. The quantitative estimate of drug-likeness (QED) is 0.763. The summed E-state index contributed by atoms with van der Waals surface area (Å²) in [6.45, 7) is 2.14. The van der Waals surface area contributed by atoms with Crippen molar-refractivity contribution in [3.8, 4) is 0 Å². The monoisotopic (exact) mass is 294 g/mol.